The highest BCUT2D eigenvalue weighted by Crippen LogP contribution is 2.23. The van der Waals surface area contributed by atoms with E-state index in [2.05, 4.69) is 32.2 Å². The minimum atomic E-state index is 0.0700. The molecule has 0 spiro atoms. The average Bonchev–Trinajstić information content (AvgIpc) is 3.40. The van der Waals surface area contributed by atoms with E-state index in [0.717, 1.165) is 41.2 Å². The summed E-state index contributed by atoms with van der Waals surface area (Å²) >= 11 is 0. The summed E-state index contributed by atoms with van der Waals surface area (Å²) in [6, 6.07) is 22.0. The SMILES string of the molecule is CC(C)c1nc(-c2ccc(N3CCN(C(=O)c4ccc(-c5ccccc5)cc4)CC3)nc2)no1. The summed E-state index contributed by atoms with van der Waals surface area (Å²) in [5.74, 6) is 2.32. The molecule has 7 nitrogen and oxygen atoms in total. The maximum absolute atomic E-state index is 13.0. The third-order valence-electron chi connectivity index (χ3n) is 6.07. The van der Waals surface area contributed by atoms with Crippen molar-refractivity contribution in [3.05, 3.63) is 84.4 Å². The number of hydrogen-bond acceptors (Lipinski definition) is 6. The minimum Gasteiger partial charge on any atom is -0.353 e. The van der Waals surface area contributed by atoms with Crippen LogP contribution >= 0.6 is 0 Å². The molecule has 0 saturated carbocycles. The predicted octanol–water partition coefficient (Wildman–Crippen LogP) is 4.88. The van der Waals surface area contributed by atoms with Gasteiger partial charge in [0.1, 0.15) is 5.82 Å². The molecule has 0 aliphatic carbocycles. The molecule has 0 atom stereocenters. The second-order valence-corrected chi connectivity index (χ2v) is 8.74. The van der Waals surface area contributed by atoms with Crippen molar-refractivity contribution < 1.29 is 9.32 Å². The monoisotopic (exact) mass is 453 g/mol. The molecule has 1 fully saturated rings. The summed E-state index contributed by atoms with van der Waals surface area (Å²) in [6.07, 6.45) is 1.77. The zero-order valence-electron chi connectivity index (χ0n) is 19.4. The molecule has 1 aliphatic heterocycles. The molecule has 0 N–H and O–H groups in total. The lowest BCUT2D eigenvalue weighted by Gasteiger charge is -2.35. The van der Waals surface area contributed by atoms with Crippen LogP contribution in [-0.2, 0) is 0 Å². The van der Waals surface area contributed by atoms with E-state index >= 15 is 0 Å². The second kappa shape index (κ2) is 9.47. The minimum absolute atomic E-state index is 0.0700. The normalized spacial score (nSPS) is 14.0. The maximum atomic E-state index is 13.0. The van der Waals surface area contributed by atoms with E-state index in [1.54, 1.807) is 6.20 Å². The highest BCUT2D eigenvalue weighted by atomic mass is 16.5. The molecule has 1 saturated heterocycles. The largest absolute Gasteiger partial charge is 0.353 e. The van der Waals surface area contributed by atoms with Crippen LogP contribution in [0.5, 0.6) is 0 Å². The van der Waals surface area contributed by atoms with E-state index < -0.39 is 0 Å². The zero-order valence-corrected chi connectivity index (χ0v) is 19.4. The van der Waals surface area contributed by atoms with E-state index in [1.807, 2.05) is 73.3 Å². The van der Waals surface area contributed by atoms with Crippen LogP contribution in [0, 0.1) is 0 Å². The Morgan fingerprint density at radius 3 is 2.15 bits per heavy atom. The molecular weight excluding hydrogens is 426 g/mol. The van der Waals surface area contributed by atoms with E-state index in [-0.39, 0.29) is 11.8 Å². The van der Waals surface area contributed by atoms with Gasteiger partial charge in [0.25, 0.3) is 5.91 Å². The summed E-state index contributed by atoms with van der Waals surface area (Å²) in [4.78, 5) is 26.1. The van der Waals surface area contributed by atoms with Crippen LogP contribution in [0.15, 0.2) is 77.4 Å². The van der Waals surface area contributed by atoms with Gasteiger partial charge >= 0.3 is 0 Å². The third kappa shape index (κ3) is 4.55. The Labute approximate surface area is 199 Å². The fourth-order valence-electron chi connectivity index (χ4n) is 4.05. The Morgan fingerprint density at radius 1 is 0.853 bits per heavy atom. The molecular formula is C27H27N5O2. The highest BCUT2D eigenvalue weighted by Gasteiger charge is 2.23. The van der Waals surface area contributed by atoms with E-state index in [4.69, 9.17) is 4.52 Å². The van der Waals surface area contributed by atoms with Crippen LogP contribution < -0.4 is 4.90 Å². The van der Waals surface area contributed by atoms with Crippen molar-refractivity contribution in [1.82, 2.24) is 20.0 Å². The first-order valence-corrected chi connectivity index (χ1v) is 11.6. The van der Waals surface area contributed by atoms with Gasteiger partial charge in [0, 0.05) is 49.4 Å². The van der Waals surface area contributed by atoms with Gasteiger partial charge in [0.2, 0.25) is 11.7 Å². The lowest BCUT2D eigenvalue weighted by atomic mass is 10.0. The van der Waals surface area contributed by atoms with Crippen molar-refractivity contribution in [3.8, 4) is 22.5 Å². The maximum Gasteiger partial charge on any atom is 0.253 e. The third-order valence-corrected chi connectivity index (χ3v) is 6.07. The molecule has 172 valence electrons. The van der Waals surface area contributed by atoms with Crippen molar-refractivity contribution in [1.29, 1.82) is 0 Å². The molecule has 3 heterocycles. The Balaban J connectivity index is 1.19. The fraction of sp³-hybridized carbons (Fsp3) is 0.259. The van der Waals surface area contributed by atoms with Gasteiger partial charge in [0.05, 0.1) is 0 Å². The van der Waals surface area contributed by atoms with Gasteiger partial charge in [-0.05, 0) is 35.4 Å². The lowest BCUT2D eigenvalue weighted by Crippen LogP contribution is -2.49. The van der Waals surface area contributed by atoms with Crippen LogP contribution in [0.4, 0.5) is 5.82 Å². The number of carbonyl (C=O) groups is 1. The zero-order chi connectivity index (χ0) is 23.5. The first-order chi connectivity index (χ1) is 16.6. The summed E-state index contributed by atoms with van der Waals surface area (Å²) in [5.41, 5.74) is 3.80. The van der Waals surface area contributed by atoms with Gasteiger partial charge in [-0.1, -0.05) is 61.5 Å². The Morgan fingerprint density at radius 2 is 1.53 bits per heavy atom. The summed E-state index contributed by atoms with van der Waals surface area (Å²) < 4.78 is 5.29. The average molecular weight is 454 g/mol. The van der Waals surface area contributed by atoms with Crippen LogP contribution in [-0.4, -0.2) is 52.1 Å². The summed E-state index contributed by atoms with van der Waals surface area (Å²) in [6.45, 7) is 6.82. The van der Waals surface area contributed by atoms with Crippen LogP contribution in [0.2, 0.25) is 0 Å². The highest BCUT2D eigenvalue weighted by molar-refractivity contribution is 5.95. The van der Waals surface area contributed by atoms with Gasteiger partial charge < -0.3 is 14.3 Å². The van der Waals surface area contributed by atoms with Crippen LogP contribution in [0.1, 0.15) is 36.0 Å². The molecule has 0 bridgehead atoms. The predicted molar refractivity (Wildman–Crippen MR) is 132 cm³/mol. The van der Waals surface area contributed by atoms with E-state index in [0.29, 0.717) is 24.8 Å². The number of pyridine rings is 1. The van der Waals surface area contributed by atoms with Crippen LogP contribution in [0.25, 0.3) is 22.5 Å². The standard InChI is InChI=1S/C27H27N5O2/c1-19(2)26-29-25(30-34-26)23-12-13-24(28-18-23)31-14-16-32(17-15-31)27(33)22-10-8-21(9-11-22)20-6-4-3-5-7-20/h3-13,18-19H,14-17H2,1-2H3. The Kier molecular flexibility index (Phi) is 6.08. The van der Waals surface area contributed by atoms with Gasteiger partial charge in [-0.3, -0.25) is 4.79 Å². The molecule has 34 heavy (non-hydrogen) atoms. The molecule has 0 radical (unpaired) electrons. The smallest absolute Gasteiger partial charge is 0.253 e. The molecule has 1 amide bonds. The second-order valence-electron chi connectivity index (χ2n) is 8.74. The number of carbonyl (C=O) groups excluding carboxylic acids is 1. The van der Waals surface area contributed by atoms with Crippen molar-refractivity contribution in [2.75, 3.05) is 31.1 Å². The van der Waals surface area contributed by atoms with Crippen molar-refractivity contribution in [2.45, 2.75) is 19.8 Å². The molecule has 0 unspecified atom stereocenters. The summed E-state index contributed by atoms with van der Waals surface area (Å²) in [5, 5.41) is 4.05. The molecule has 4 aromatic rings. The fourth-order valence-corrected chi connectivity index (χ4v) is 4.05. The lowest BCUT2D eigenvalue weighted by molar-refractivity contribution is 0.0746. The van der Waals surface area contributed by atoms with E-state index in [9.17, 15) is 4.79 Å². The number of anilines is 1. The number of nitrogens with zero attached hydrogens (tertiary/aromatic N) is 5. The Hall–Kier alpha value is -4.00. The first-order valence-electron chi connectivity index (χ1n) is 11.6. The molecule has 1 aliphatic rings. The van der Waals surface area contributed by atoms with Gasteiger partial charge in [-0.15, -0.1) is 0 Å². The number of hydrogen-bond donors (Lipinski definition) is 0. The van der Waals surface area contributed by atoms with Crippen molar-refractivity contribution >= 4 is 11.7 Å². The molecule has 2 aromatic heterocycles. The number of amides is 1. The number of rotatable bonds is 5. The quantitative estimate of drug-likeness (QED) is 0.429. The molecule has 7 heteroatoms. The van der Waals surface area contributed by atoms with Crippen molar-refractivity contribution in [3.63, 3.8) is 0 Å². The van der Waals surface area contributed by atoms with E-state index in [1.165, 1.54) is 0 Å². The number of piperazine rings is 1. The van der Waals surface area contributed by atoms with Gasteiger partial charge in [-0.25, -0.2) is 4.98 Å². The van der Waals surface area contributed by atoms with Gasteiger partial charge in [0.15, 0.2) is 0 Å². The van der Waals surface area contributed by atoms with Gasteiger partial charge in [-0.2, -0.15) is 4.98 Å². The number of aromatic nitrogens is 3. The number of benzene rings is 2. The van der Waals surface area contributed by atoms with Crippen molar-refractivity contribution in [2.24, 2.45) is 0 Å². The molecule has 2 aromatic carbocycles. The Bertz CT molecular complexity index is 1240. The topological polar surface area (TPSA) is 75.4 Å². The van der Waals surface area contributed by atoms with Crippen LogP contribution in [0.3, 0.4) is 0 Å². The summed E-state index contributed by atoms with van der Waals surface area (Å²) in [7, 11) is 0. The first kappa shape index (κ1) is 21.8. The molecule has 5 rings (SSSR count).